The maximum atomic E-state index is 13.2. The summed E-state index contributed by atoms with van der Waals surface area (Å²) in [6, 6.07) is 4.57. The van der Waals surface area contributed by atoms with Crippen LogP contribution in [0.15, 0.2) is 30.5 Å². The minimum atomic E-state index is -4.75. The zero-order valence-corrected chi connectivity index (χ0v) is 14.4. The molecule has 2 aromatic heterocycles. The molecule has 1 fully saturated rings. The predicted octanol–water partition coefficient (Wildman–Crippen LogP) is 4.50. The second-order valence-corrected chi connectivity index (χ2v) is 6.68. The highest BCUT2D eigenvalue weighted by Gasteiger charge is 2.46. The lowest BCUT2D eigenvalue weighted by molar-refractivity contribution is -0.144. The molecule has 1 aliphatic rings. The number of rotatable bonds is 3. The summed E-state index contributed by atoms with van der Waals surface area (Å²) in [5.74, 6) is -1.36. The van der Waals surface area contributed by atoms with Crippen molar-refractivity contribution in [3.05, 3.63) is 47.4 Å². The minimum Gasteiger partial charge on any atom is -0.360 e. The number of hydrogen-bond donors (Lipinski definition) is 1. The van der Waals surface area contributed by atoms with Crippen molar-refractivity contribution in [3.63, 3.8) is 0 Å². The first-order chi connectivity index (χ1) is 13.0. The summed E-state index contributed by atoms with van der Waals surface area (Å²) in [5.41, 5.74) is -1.01. The van der Waals surface area contributed by atoms with Gasteiger partial charge in [0.1, 0.15) is 5.82 Å². The van der Waals surface area contributed by atoms with E-state index in [0.717, 1.165) is 12.1 Å². The van der Waals surface area contributed by atoms with E-state index in [9.17, 15) is 26.3 Å². The molecular formula is C17H13F6N5. The first-order valence-electron chi connectivity index (χ1n) is 8.22. The van der Waals surface area contributed by atoms with Gasteiger partial charge in [0.2, 0.25) is 5.82 Å². The average molecular weight is 401 g/mol. The van der Waals surface area contributed by atoms with Crippen LogP contribution in [0.1, 0.15) is 29.8 Å². The Morgan fingerprint density at radius 3 is 2.14 bits per heavy atom. The van der Waals surface area contributed by atoms with Crippen molar-refractivity contribution in [1.29, 1.82) is 0 Å². The average Bonchev–Trinajstić information content (AvgIpc) is 3.29. The van der Waals surface area contributed by atoms with Crippen LogP contribution in [0.5, 0.6) is 0 Å². The van der Waals surface area contributed by atoms with Gasteiger partial charge in [0.25, 0.3) is 0 Å². The molecule has 4 rings (SSSR count). The lowest BCUT2D eigenvalue weighted by Crippen LogP contribution is -2.22. The third-order valence-electron chi connectivity index (χ3n) is 4.72. The molecule has 0 bridgehead atoms. The summed E-state index contributed by atoms with van der Waals surface area (Å²) in [6.45, 7) is 0. The SMILES string of the molecule is Cn1ncc2c(NC3(c4ccc(C(F)(F)F)cc4)CC3)nc(C(F)(F)F)nc21. The zero-order valence-electron chi connectivity index (χ0n) is 14.4. The van der Waals surface area contributed by atoms with Crippen molar-refractivity contribution in [2.24, 2.45) is 7.05 Å². The molecule has 5 nitrogen and oxygen atoms in total. The highest BCUT2D eigenvalue weighted by atomic mass is 19.4. The number of halogens is 6. The van der Waals surface area contributed by atoms with Crippen molar-refractivity contribution in [2.75, 3.05) is 5.32 Å². The Balaban J connectivity index is 1.73. The first-order valence-corrected chi connectivity index (χ1v) is 8.22. The molecule has 0 saturated heterocycles. The second kappa shape index (κ2) is 5.82. The number of fused-ring (bicyclic) bond motifs is 1. The fourth-order valence-electron chi connectivity index (χ4n) is 3.06. The molecule has 11 heteroatoms. The molecule has 1 saturated carbocycles. The summed E-state index contributed by atoms with van der Waals surface area (Å²) in [6.07, 6.45) is -6.77. The Hall–Kier alpha value is -2.85. The topological polar surface area (TPSA) is 55.6 Å². The highest BCUT2D eigenvalue weighted by Crippen LogP contribution is 2.49. The Labute approximate surface area is 154 Å². The monoisotopic (exact) mass is 401 g/mol. The third-order valence-corrected chi connectivity index (χ3v) is 4.72. The van der Waals surface area contributed by atoms with E-state index in [0.29, 0.717) is 23.8 Å². The molecule has 0 spiro atoms. The number of aromatic nitrogens is 4. The van der Waals surface area contributed by atoms with Gasteiger partial charge in [-0.1, -0.05) is 12.1 Å². The van der Waals surface area contributed by atoms with E-state index < -0.39 is 29.3 Å². The quantitative estimate of drug-likeness (QED) is 0.657. The third kappa shape index (κ3) is 3.14. The summed E-state index contributed by atoms with van der Waals surface area (Å²) < 4.78 is 79.0. The molecule has 3 aromatic rings. The number of nitrogens with one attached hydrogen (secondary N) is 1. The summed E-state index contributed by atoms with van der Waals surface area (Å²) in [4.78, 5) is 7.14. The number of nitrogens with zero attached hydrogens (tertiary/aromatic N) is 4. The van der Waals surface area contributed by atoms with E-state index in [1.165, 1.54) is 30.1 Å². The van der Waals surface area contributed by atoms with E-state index in [2.05, 4.69) is 20.4 Å². The van der Waals surface area contributed by atoms with Crippen LogP contribution in [-0.4, -0.2) is 19.7 Å². The Kier molecular flexibility index (Phi) is 3.85. The maximum absolute atomic E-state index is 13.2. The smallest absolute Gasteiger partial charge is 0.360 e. The second-order valence-electron chi connectivity index (χ2n) is 6.68. The lowest BCUT2D eigenvalue weighted by atomic mass is 10.0. The predicted molar refractivity (Wildman–Crippen MR) is 87.3 cm³/mol. The number of anilines is 1. The van der Waals surface area contributed by atoms with Gasteiger partial charge in [-0.05, 0) is 30.5 Å². The lowest BCUT2D eigenvalue weighted by Gasteiger charge is -2.20. The van der Waals surface area contributed by atoms with Crippen LogP contribution < -0.4 is 5.32 Å². The summed E-state index contributed by atoms with van der Waals surface area (Å²) >= 11 is 0. The number of hydrogen-bond acceptors (Lipinski definition) is 4. The highest BCUT2D eigenvalue weighted by molar-refractivity contribution is 5.87. The van der Waals surface area contributed by atoms with Gasteiger partial charge in [0.05, 0.1) is 22.7 Å². The summed E-state index contributed by atoms with van der Waals surface area (Å²) in [5, 5.41) is 7.21. The summed E-state index contributed by atoms with van der Waals surface area (Å²) in [7, 11) is 1.46. The molecule has 148 valence electrons. The van der Waals surface area contributed by atoms with Gasteiger partial charge < -0.3 is 5.32 Å². The Morgan fingerprint density at radius 1 is 0.964 bits per heavy atom. The molecule has 0 amide bonds. The van der Waals surface area contributed by atoms with E-state index in [-0.39, 0.29) is 11.5 Å². The van der Waals surface area contributed by atoms with Gasteiger partial charge in [-0.2, -0.15) is 31.4 Å². The van der Waals surface area contributed by atoms with Gasteiger partial charge in [0.15, 0.2) is 5.65 Å². The standard InChI is InChI=1S/C17H13F6N5/c1-28-13-11(8-24-28)12(25-14(26-13)17(21,22)23)27-15(6-7-15)9-2-4-10(5-3-9)16(18,19)20/h2-5,8H,6-7H2,1H3,(H,25,26,27). The van der Waals surface area contributed by atoms with Crippen LogP contribution in [0, 0.1) is 0 Å². The van der Waals surface area contributed by atoms with Crippen molar-refractivity contribution in [2.45, 2.75) is 30.7 Å². The van der Waals surface area contributed by atoms with Gasteiger partial charge in [-0.25, -0.2) is 9.97 Å². The van der Waals surface area contributed by atoms with Crippen LogP contribution in [-0.2, 0) is 24.9 Å². The van der Waals surface area contributed by atoms with Crippen molar-refractivity contribution >= 4 is 16.9 Å². The van der Waals surface area contributed by atoms with Gasteiger partial charge in [-0.3, -0.25) is 4.68 Å². The fraction of sp³-hybridized carbons (Fsp3) is 0.353. The Bertz CT molecular complexity index is 1030. The van der Waals surface area contributed by atoms with Gasteiger partial charge in [0, 0.05) is 7.05 Å². The van der Waals surface area contributed by atoms with Crippen molar-refractivity contribution < 1.29 is 26.3 Å². The molecule has 0 aliphatic heterocycles. The largest absolute Gasteiger partial charge is 0.451 e. The number of alkyl halides is 6. The van der Waals surface area contributed by atoms with E-state index in [1.807, 2.05) is 0 Å². The molecule has 1 aromatic carbocycles. The van der Waals surface area contributed by atoms with Crippen LogP contribution in [0.25, 0.3) is 11.0 Å². The van der Waals surface area contributed by atoms with Crippen molar-refractivity contribution in [1.82, 2.24) is 19.7 Å². The molecule has 1 N–H and O–H groups in total. The molecule has 0 radical (unpaired) electrons. The van der Waals surface area contributed by atoms with E-state index >= 15 is 0 Å². The normalized spacial score (nSPS) is 16.4. The molecule has 28 heavy (non-hydrogen) atoms. The molecule has 2 heterocycles. The zero-order chi connectivity index (χ0) is 20.3. The Morgan fingerprint density at radius 2 is 1.61 bits per heavy atom. The van der Waals surface area contributed by atoms with E-state index in [4.69, 9.17) is 0 Å². The fourth-order valence-corrected chi connectivity index (χ4v) is 3.06. The molecule has 1 aliphatic carbocycles. The number of benzene rings is 1. The molecule has 0 unspecified atom stereocenters. The maximum Gasteiger partial charge on any atom is 0.451 e. The van der Waals surface area contributed by atoms with Crippen LogP contribution >= 0.6 is 0 Å². The van der Waals surface area contributed by atoms with Crippen LogP contribution in [0.4, 0.5) is 32.2 Å². The molecule has 0 atom stereocenters. The van der Waals surface area contributed by atoms with Gasteiger partial charge in [-0.15, -0.1) is 0 Å². The number of aryl methyl sites for hydroxylation is 1. The minimum absolute atomic E-state index is 0.00745. The van der Waals surface area contributed by atoms with E-state index in [1.54, 1.807) is 0 Å². The van der Waals surface area contributed by atoms with Crippen LogP contribution in [0.3, 0.4) is 0 Å². The van der Waals surface area contributed by atoms with Crippen LogP contribution in [0.2, 0.25) is 0 Å². The van der Waals surface area contributed by atoms with Gasteiger partial charge >= 0.3 is 12.4 Å². The molecular weight excluding hydrogens is 388 g/mol. The first kappa shape index (κ1) is 18.5. The van der Waals surface area contributed by atoms with Crippen molar-refractivity contribution in [3.8, 4) is 0 Å².